The average molecular weight is 335 g/mol. The third-order valence-corrected chi connectivity index (χ3v) is 4.78. The van der Waals surface area contributed by atoms with Gasteiger partial charge in [-0.1, -0.05) is 18.5 Å². The second-order valence-corrected chi connectivity index (χ2v) is 6.52. The molecule has 124 valence electrons. The first-order valence-electron chi connectivity index (χ1n) is 8.19. The van der Waals surface area contributed by atoms with E-state index in [2.05, 4.69) is 9.47 Å². The fourth-order valence-corrected chi connectivity index (χ4v) is 3.33. The monoisotopic (exact) mass is 334 g/mol. The maximum absolute atomic E-state index is 11.9. The second-order valence-electron chi connectivity index (χ2n) is 6.08. The molecule has 1 amide bonds. The van der Waals surface area contributed by atoms with Crippen LogP contribution in [0.2, 0.25) is 5.02 Å². The van der Waals surface area contributed by atoms with Crippen LogP contribution in [-0.2, 0) is 18.4 Å². The van der Waals surface area contributed by atoms with Crippen molar-refractivity contribution in [2.24, 2.45) is 7.05 Å². The van der Waals surface area contributed by atoms with Gasteiger partial charge in [0.25, 0.3) is 0 Å². The normalized spacial score (nSPS) is 16.7. The minimum absolute atomic E-state index is 0.254. The molecule has 0 unspecified atom stereocenters. The predicted octanol–water partition coefficient (Wildman–Crippen LogP) is 2.67. The van der Waals surface area contributed by atoms with Crippen LogP contribution in [0.5, 0.6) is 0 Å². The third-order valence-electron chi connectivity index (χ3n) is 4.54. The lowest BCUT2D eigenvalue weighted by atomic mass is 10.3. The van der Waals surface area contributed by atoms with E-state index in [9.17, 15) is 4.79 Å². The molecule has 3 rings (SSSR count). The number of carbonyl (C=O) groups is 1. The van der Waals surface area contributed by atoms with Crippen LogP contribution in [0.4, 0.5) is 0 Å². The minimum Gasteiger partial charge on any atom is -0.341 e. The van der Waals surface area contributed by atoms with E-state index in [1.807, 2.05) is 37.1 Å². The number of hydrogen-bond acceptors (Lipinski definition) is 3. The Kier molecular flexibility index (Phi) is 4.87. The highest BCUT2D eigenvalue weighted by Gasteiger charge is 2.19. The molecule has 2 aromatic rings. The minimum atomic E-state index is 0.254. The molecule has 23 heavy (non-hydrogen) atoms. The van der Waals surface area contributed by atoms with E-state index in [-0.39, 0.29) is 5.91 Å². The molecule has 0 atom stereocenters. The molecule has 0 N–H and O–H groups in total. The van der Waals surface area contributed by atoms with Crippen molar-refractivity contribution in [2.75, 3.05) is 26.2 Å². The highest BCUT2D eigenvalue weighted by molar-refractivity contribution is 6.31. The molecule has 2 heterocycles. The first-order valence-corrected chi connectivity index (χ1v) is 8.57. The van der Waals surface area contributed by atoms with Crippen LogP contribution in [0.3, 0.4) is 0 Å². The topological polar surface area (TPSA) is 41.4 Å². The van der Waals surface area contributed by atoms with Crippen molar-refractivity contribution < 1.29 is 4.79 Å². The maximum atomic E-state index is 11.9. The zero-order valence-electron chi connectivity index (χ0n) is 13.8. The Morgan fingerprint density at radius 1 is 1.26 bits per heavy atom. The van der Waals surface area contributed by atoms with Crippen LogP contribution in [0, 0.1) is 0 Å². The van der Waals surface area contributed by atoms with Crippen LogP contribution in [0.1, 0.15) is 25.6 Å². The lowest BCUT2D eigenvalue weighted by Gasteiger charge is -2.21. The van der Waals surface area contributed by atoms with E-state index in [1.54, 1.807) is 0 Å². The quantitative estimate of drug-likeness (QED) is 0.866. The number of hydrogen-bond donors (Lipinski definition) is 0. The molecule has 0 bridgehead atoms. The van der Waals surface area contributed by atoms with Gasteiger partial charge in [-0.05, 0) is 24.6 Å². The molecule has 1 fully saturated rings. The summed E-state index contributed by atoms with van der Waals surface area (Å²) in [5.41, 5.74) is 2.04. The predicted molar refractivity (Wildman–Crippen MR) is 92.5 cm³/mol. The summed E-state index contributed by atoms with van der Waals surface area (Å²) in [6.45, 7) is 6.30. The molecule has 0 spiro atoms. The summed E-state index contributed by atoms with van der Waals surface area (Å²) in [6.07, 6.45) is 1.60. The molecular formula is C17H23ClN4O. The smallest absolute Gasteiger partial charge is 0.222 e. The molecule has 5 nitrogen and oxygen atoms in total. The number of halogens is 1. The fourth-order valence-electron chi connectivity index (χ4n) is 3.17. The Morgan fingerprint density at radius 3 is 2.87 bits per heavy atom. The van der Waals surface area contributed by atoms with Gasteiger partial charge in [0.05, 0.1) is 17.6 Å². The lowest BCUT2D eigenvalue weighted by Crippen LogP contribution is -2.34. The number of fused-ring (bicyclic) bond motifs is 1. The summed E-state index contributed by atoms with van der Waals surface area (Å²) in [5, 5.41) is 0.714. The summed E-state index contributed by atoms with van der Waals surface area (Å²) in [7, 11) is 2.04. The van der Waals surface area contributed by atoms with E-state index in [1.165, 1.54) is 0 Å². The van der Waals surface area contributed by atoms with Crippen LogP contribution < -0.4 is 0 Å². The van der Waals surface area contributed by atoms with Gasteiger partial charge < -0.3 is 9.47 Å². The van der Waals surface area contributed by atoms with E-state index < -0.39 is 0 Å². The van der Waals surface area contributed by atoms with Crippen molar-refractivity contribution >= 4 is 28.5 Å². The highest BCUT2D eigenvalue weighted by atomic mass is 35.5. The Morgan fingerprint density at radius 2 is 2.09 bits per heavy atom. The molecule has 1 aromatic heterocycles. The number of imidazole rings is 1. The summed E-state index contributed by atoms with van der Waals surface area (Å²) < 4.78 is 2.13. The summed E-state index contributed by atoms with van der Waals surface area (Å²) in [4.78, 5) is 21.0. The zero-order chi connectivity index (χ0) is 16.4. The molecule has 1 aromatic carbocycles. The first kappa shape index (κ1) is 16.3. The van der Waals surface area contributed by atoms with Crippen molar-refractivity contribution in [3.63, 3.8) is 0 Å². The number of rotatable bonds is 3. The number of nitrogens with zero attached hydrogens (tertiary/aromatic N) is 4. The van der Waals surface area contributed by atoms with E-state index in [0.29, 0.717) is 11.4 Å². The molecule has 0 aliphatic carbocycles. The lowest BCUT2D eigenvalue weighted by molar-refractivity contribution is -0.130. The van der Waals surface area contributed by atoms with Crippen molar-refractivity contribution in [3.05, 3.63) is 29.0 Å². The molecular weight excluding hydrogens is 312 g/mol. The first-order chi connectivity index (χ1) is 11.1. The average Bonchev–Trinajstić information content (AvgIpc) is 2.72. The number of amides is 1. The van der Waals surface area contributed by atoms with Crippen molar-refractivity contribution in [3.8, 4) is 0 Å². The van der Waals surface area contributed by atoms with Gasteiger partial charge >= 0.3 is 0 Å². The zero-order valence-corrected chi connectivity index (χ0v) is 14.5. The summed E-state index contributed by atoms with van der Waals surface area (Å²) in [6, 6.07) is 5.82. The van der Waals surface area contributed by atoms with E-state index >= 15 is 0 Å². The highest BCUT2D eigenvalue weighted by Crippen LogP contribution is 2.20. The summed E-state index contributed by atoms with van der Waals surface area (Å²) >= 11 is 6.06. The maximum Gasteiger partial charge on any atom is 0.222 e. The summed E-state index contributed by atoms with van der Waals surface area (Å²) in [5.74, 6) is 1.29. The van der Waals surface area contributed by atoms with Gasteiger partial charge in [-0.15, -0.1) is 0 Å². The van der Waals surface area contributed by atoms with Gasteiger partial charge in [-0.2, -0.15) is 0 Å². The number of aryl methyl sites for hydroxylation is 1. The Labute approximate surface area is 141 Å². The Hall–Kier alpha value is -1.59. The van der Waals surface area contributed by atoms with Crippen molar-refractivity contribution in [2.45, 2.75) is 26.3 Å². The second kappa shape index (κ2) is 6.89. The molecule has 1 aliphatic heterocycles. The van der Waals surface area contributed by atoms with E-state index in [0.717, 1.165) is 56.0 Å². The SMILES string of the molecule is CCC(=O)N1CCCN(Cc2nc3cc(Cl)ccc3n2C)CC1. The van der Waals surface area contributed by atoms with Gasteiger partial charge in [-0.3, -0.25) is 9.69 Å². The number of benzene rings is 1. The van der Waals surface area contributed by atoms with Gasteiger partial charge in [-0.25, -0.2) is 4.98 Å². The van der Waals surface area contributed by atoms with Gasteiger partial charge in [0.1, 0.15) is 5.82 Å². The third kappa shape index (κ3) is 3.51. The molecule has 1 saturated heterocycles. The van der Waals surface area contributed by atoms with Crippen LogP contribution >= 0.6 is 11.6 Å². The largest absolute Gasteiger partial charge is 0.341 e. The van der Waals surface area contributed by atoms with Crippen LogP contribution in [-0.4, -0.2) is 51.4 Å². The molecule has 1 aliphatic rings. The van der Waals surface area contributed by atoms with Gasteiger partial charge in [0, 0.05) is 44.7 Å². The number of carbonyl (C=O) groups excluding carboxylic acids is 1. The standard InChI is InChI=1S/C17H23ClN4O/c1-3-17(23)22-8-4-7-21(9-10-22)12-16-19-14-11-13(18)5-6-15(14)20(16)2/h5-6,11H,3-4,7-10,12H2,1-2H3. The van der Waals surface area contributed by atoms with Crippen LogP contribution in [0.25, 0.3) is 11.0 Å². The van der Waals surface area contributed by atoms with Crippen molar-refractivity contribution in [1.82, 2.24) is 19.4 Å². The van der Waals surface area contributed by atoms with Gasteiger partial charge in [0.15, 0.2) is 0 Å². The van der Waals surface area contributed by atoms with Crippen molar-refractivity contribution in [1.29, 1.82) is 0 Å². The van der Waals surface area contributed by atoms with Crippen LogP contribution in [0.15, 0.2) is 18.2 Å². The Bertz CT molecular complexity index is 712. The molecule has 6 heteroatoms. The Balaban J connectivity index is 1.72. The molecule has 0 radical (unpaired) electrons. The molecule has 0 saturated carbocycles. The fraction of sp³-hybridized carbons (Fsp3) is 0.529. The number of aromatic nitrogens is 2. The van der Waals surface area contributed by atoms with E-state index in [4.69, 9.17) is 16.6 Å². The van der Waals surface area contributed by atoms with Gasteiger partial charge in [0.2, 0.25) is 5.91 Å².